The first-order valence-electron chi connectivity index (χ1n) is 1.00. The molecule has 0 rings (SSSR count). The smallest absolute Gasteiger partial charge is 0.0683 e. The second kappa shape index (κ2) is 2230. The number of rotatable bonds is 0. The lowest BCUT2D eigenvalue weighted by molar-refractivity contribution is 1.11. The zero-order valence-electron chi connectivity index (χ0n) is 2.41. The van der Waals surface area contributed by atoms with E-state index in [4.69, 9.17) is 0 Å². The summed E-state index contributed by atoms with van der Waals surface area (Å²) in [6.07, 6.45) is 0. The predicted octanol–water partition coefficient (Wildman–Crippen LogP) is 1.81. The molecule has 0 aliphatic heterocycles. The molecule has 0 amide bonds. The van der Waals surface area contributed by atoms with E-state index in [-0.39, 0.29) is 12.1 Å². The Morgan fingerprint density at radius 1 is 1.00 bits per heavy atom. The molecule has 0 atom stereocenters. The van der Waals surface area contributed by atoms with Crippen LogP contribution < -0.4 is 0 Å². The fraction of sp³-hybridized carbons (Fsp3) is 1.00. The molecule has 0 saturated carbocycles. The van der Waals surface area contributed by atoms with E-state index in [2.05, 4.69) is 0 Å². The van der Waals surface area contributed by atoms with Gasteiger partial charge in [0.2, 0.25) is 0 Å². The van der Waals surface area contributed by atoms with E-state index in [0.717, 1.165) is 0 Å². The van der Waals surface area contributed by atoms with Gasteiger partial charge in [-0.1, -0.05) is 21.3 Å². The van der Waals surface area contributed by atoms with Crippen molar-refractivity contribution in [2.45, 2.75) is 21.3 Å². The zero-order chi connectivity index (χ0) is 2.00. The standard InChI is InChI=1S/C2H6.CH4.FH/c1-2;;/h1-2H3;1H4;1H. The van der Waals surface area contributed by atoms with Gasteiger partial charge >= 0.3 is 0 Å². The van der Waals surface area contributed by atoms with Gasteiger partial charge < -0.3 is 0 Å². The zero-order valence-corrected chi connectivity index (χ0v) is 2.41. The lowest BCUT2D eigenvalue weighted by Gasteiger charge is -1.07. The van der Waals surface area contributed by atoms with Crippen LogP contribution in [0.2, 0.25) is 0 Å². The van der Waals surface area contributed by atoms with Gasteiger partial charge in [0.1, 0.15) is 0 Å². The topological polar surface area (TPSA) is 0 Å². The first kappa shape index (κ1) is 39.0. The van der Waals surface area contributed by atoms with Crippen LogP contribution in [-0.2, 0) is 0 Å². The molecule has 0 unspecified atom stereocenters. The molecular formula is C3H11F. The van der Waals surface area contributed by atoms with Crippen molar-refractivity contribution >= 4 is 0 Å². The van der Waals surface area contributed by atoms with Crippen LogP contribution in [0.5, 0.6) is 0 Å². The molecule has 0 heterocycles. The second-order valence-corrected chi connectivity index (χ2v) is 0. The van der Waals surface area contributed by atoms with Gasteiger partial charge in [-0.25, -0.2) is 0 Å². The van der Waals surface area contributed by atoms with Crippen LogP contribution in [0.25, 0.3) is 0 Å². The van der Waals surface area contributed by atoms with Gasteiger partial charge in [0.05, 0.1) is 0 Å². The summed E-state index contributed by atoms with van der Waals surface area (Å²) >= 11 is 0. The van der Waals surface area contributed by atoms with Gasteiger partial charge in [0, 0.05) is 0 Å². The Hall–Kier alpha value is -0.0700. The van der Waals surface area contributed by atoms with Crippen molar-refractivity contribution in [2.75, 3.05) is 0 Å². The molecule has 0 radical (unpaired) electrons. The lowest BCUT2D eigenvalue weighted by atomic mass is 11.0. The highest BCUT2D eigenvalue weighted by molar-refractivity contribution is 3.50. The molecule has 0 nitrogen and oxygen atoms in total. The first-order valence-corrected chi connectivity index (χ1v) is 1.00. The van der Waals surface area contributed by atoms with Crippen molar-refractivity contribution in [3.8, 4) is 0 Å². The summed E-state index contributed by atoms with van der Waals surface area (Å²) in [6, 6.07) is 0. The maximum absolute atomic E-state index is 2.00. The molecule has 4 heavy (non-hydrogen) atoms. The van der Waals surface area contributed by atoms with E-state index < -0.39 is 0 Å². The van der Waals surface area contributed by atoms with Crippen molar-refractivity contribution in [2.24, 2.45) is 0 Å². The van der Waals surface area contributed by atoms with Gasteiger partial charge in [-0.05, 0) is 0 Å². The van der Waals surface area contributed by atoms with Gasteiger partial charge in [-0.2, -0.15) is 0 Å². The molecule has 0 saturated heterocycles. The average Bonchev–Trinajstić information content (AvgIpc) is 1.00. The van der Waals surface area contributed by atoms with Gasteiger partial charge in [-0.15, -0.1) is 0 Å². The average molecular weight is 66.1 g/mol. The number of hydrogen-bond acceptors (Lipinski definition) is 0. The Morgan fingerprint density at radius 2 is 1.00 bits per heavy atom. The molecule has 0 fully saturated rings. The molecule has 0 aliphatic rings. The molecule has 0 N–H and O–H groups in total. The van der Waals surface area contributed by atoms with Gasteiger partial charge in [0.15, 0.2) is 0 Å². The van der Waals surface area contributed by atoms with Crippen LogP contribution in [0.3, 0.4) is 0 Å². The Kier molecular flexibility index (Phi) is 21700. The summed E-state index contributed by atoms with van der Waals surface area (Å²) in [5.41, 5.74) is 0. The SMILES string of the molecule is C.CC.F. The molecule has 0 aromatic rings. The van der Waals surface area contributed by atoms with Crippen molar-refractivity contribution < 1.29 is 4.70 Å². The summed E-state index contributed by atoms with van der Waals surface area (Å²) in [5.74, 6) is 0. The van der Waals surface area contributed by atoms with E-state index in [9.17, 15) is 0 Å². The largest absolute Gasteiger partial charge is 0.269 e. The molecule has 1 heteroatoms. The fourth-order valence-corrected chi connectivity index (χ4v) is 0. The minimum atomic E-state index is 0. The fourth-order valence-electron chi connectivity index (χ4n) is 0. The Morgan fingerprint density at radius 3 is 1.00 bits per heavy atom. The molecule has 0 aliphatic carbocycles. The van der Waals surface area contributed by atoms with E-state index >= 15 is 0 Å². The number of hydrogen-bond donors (Lipinski definition) is 0. The molecule has 0 bridgehead atoms. The maximum atomic E-state index is 2.00. The van der Waals surface area contributed by atoms with Crippen LogP contribution in [0.15, 0.2) is 0 Å². The second-order valence-electron chi connectivity index (χ2n) is 0. The first-order chi connectivity index (χ1) is 1.00. The van der Waals surface area contributed by atoms with Crippen molar-refractivity contribution in [3.63, 3.8) is 0 Å². The predicted molar refractivity (Wildman–Crippen MR) is 20.6 cm³/mol. The Balaban J connectivity index is -0.00000000500. The monoisotopic (exact) mass is 66.1 g/mol. The minimum Gasteiger partial charge on any atom is -0.269 e. The Labute approximate surface area is 27.2 Å². The van der Waals surface area contributed by atoms with Gasteiger partial charge in [-0.3, -0.25) is 4.70 Å². The summed E-state index contributed by atoms with van der Waals surface area (Å²) < 4.78 is 0. The summed E-state index contributed by atoms with van der Waals surface area (Å²) in [5, 5.41) is 0. The van der Waals surface area contributed by atoms with E-state index in [1.54, 1.807) is 0 Å². The highest BCUT2D eigenvalue weighted by Crippen LogP contribution is 1.14. The normalized spacial score (nSPS) is 1.50. The summed E-state index contributed by atoms with van der Waals surface area (Å²) in [4.78, 5) is 0. The highest BCUT2D eigenvalue weighted by atomic mass is 19.0. The lowest BCUT2D eigenvalue weighted by Crippen LogP contribution is -0.856. The molecule has 0 aromatic carbocycles. The third-order valence-electron chi connectivity index (χ3n) is 0. The van der Waals surface area contributed by atoms with Crippen molar-refractivity contribution in [1.82, 2.24) is 0 Å². The molecule has 30 valence electrons. The van der Waals surface area contributed by atoms with Crippen LogP contribution in [0, 0.1) is 0 Å². The molecule has 0 aromatic heterocycles. The van der Waals surface area contributed by atoms with E-state index in [1.807, 2.05) is 13.8 Å². The third kappa shape index (κ3) is 341. The van der Waals surface area contributed by atoms with Crippen LogP contribution in [0.4, 0.5) is 4.70 Å². The van der Waals surface area contributed by atoms with Crippen molar-refractivity contribution in [1.29, 1.82) is 0 Å². The van der Waals surface area contributed by atoms with Gasteiger partial charge in [0.25, 0.3) is 0 Å². The van der Waals surface area contributed by atoms with Crippen molar-refractivity contribution in [3.05, 3.63) is 0 Å². The molecular weight excluding hydrogens is 55.0 g/mol. The Bertz CT molecular complexity index is 3.25. The quantitative estimate of drug-likeness (QED) is 0.404. The summed E-state index contributed by atoms with van der Waals surface area (Å²) in [6.45, 7) is 4.00. The third-order valence-corrected chi connectivity index (χ3v) is 0. The summed E-state index contributed by atoms with van der Waals surface area (Å²) in [7, 11) is 0. The van der Waals surface area contributed by atoms with E-state index in [0.29, 0.717) is 0 Å². The van der Waals surface area contributed by atoms with Crippen LogP contribution >= 0.6 is 0 Å². The molecule has 0 spiro atoms. The maximum Gasteiger partial charge on any atom is -0.0683 e. The van der Waals surface area contributed by atoms with Crippen LogP contribution in [-0.4, -0.2) is 0 Å². The highest BCUT2D eigenvalue weighted by Gasteiger charge is 0.932. The number of halogens is 1. The van der Waals surface area contributed by atoms with E-state index in [1.165, 1.54) is 0 Å². The van der Waals surface area contributed by atoms with Crippen LogP contribution in [0.1, 0.15) is 21.3 Å². The minimum absolute atomic E-state index is 0.